The molecule has 14 heavy (non-hydrogen) atoms. The average molecular weight is 194 g/mol. The molecule has 0 aliphatic heterocycles. The molecule has 2 nitrogen and oxygen atoms in total. The van der Waals surface area contributed by atoms with Crippen LogP contribution in [-0.2, 0) is 5.41 Å². The van der Waals surface area contributed by atoms with Gasteiger partial charge < -0.3 is 0 Å². The van der Waals surface area contributed by atoms with Crippen molar-refractivity contribution < 1.29 is 0 Å². The topological polar surface area (TPSA) is 28.7 Å². The third kappa shape index (κ3) is 2.37. The summed E-state index contributed by atoms with van der Waals surface area (Å²) in [7, 11) is 0. The lowest BCUT2D eigenvalue weighted by molar-refractivity contribution is 0.522. The molecular weight excluding hydrogens is 172 g/mol. The monoisotopic (exact) mass is 194 g/mol. The van der Waals surface area contributed by atoms with E-state index in [-0.39, 0.29) is 5.41 Å². The van der Waals surface area contributed by atoms with Crippen LogP contribution in [0.5, 0.6) is 0 Å². The van der Waals surface area contributed by atoms with Gasteiger partial charge in [-0.3, -0.25) is 5.10 Å². The summed E-state index contributed by atoms with van der Waals surface area (Å²) in [5, 5.41) is 7.51. The summed E-state index contributed by atoms with van der Waals surface area (Å²) in [5.41, 5.74) is 2.58. The van der Waals surface area contributed by atoms with Gasteiger partial charge in [-0.25, -0.2) is 0 Å². The second-order valence-corrected chi connectivity index (χ2v) is 5.49. The van der Waals surface area contributed by atoms with Crippen LogP contribution in [0.25, 0.3) is 0 Å². The zero-order valence-corrected chi connectivity index (χ0v) is 10.2. The molecule has 1 aromatic heterocycles. The largest absolute Gasteiger partial charge is 0.282 e. The van der Waals surface area contributed by atoms with Crippen LogP contribution in [0.3, 0.4) is 0 Å². The third-order valence-corrected chi connectivity index (χ3v) is 2.87. The molecule has 0 amide bonds. The van der Waals surface area contributed by atoms with Crippen molar-refractivity contribution in [2.75, 3.05) is 0 Å². The van der Waals surface area contributed by atoms with Crippen LogP contribution in [0.4, 0.5) is 0 Å². The minimum atomic E-state index is 0.169. The number of hydrogen-bond acceptors (Lipinski definition) is 1. The van der Waals surface area contributed by atoms with Crippen LogP contribution in [-0.4, -0.2) is 10.2 Å². The van der Waals surface area contributed by atoms with Gasteiger partial charge in [-0.1, -0.05) is 41.5 Å². The number of nitrogens with zero attached hydrogens (tertiary/aromatic N) is 1. The van der Waals surface area contributed by atoms with Crippen molar-refractivity contribution in [2.45, 2.75) is 52.9 Å². The smallest absolute Gasteiger partial charge is 0.0655 e. The first-order valence-electron chi connectivity index (χ1n) is 5.38. The average Bonchev–Trinajstić information content (AvgIpc) is 2.49. The molecule has 0 fully saturated rings. The Labute approximate surface area is 87.1 Å². The van der Waals surface area contributed by atoms with E-state index in [4.69, 9.17) is 0 Å². The molecule has 0 unspecified atom stereocenters. The van der Waals surface area contributed by atoms with Gasteiger partial charge in [-0.15, -0.1) is 0 Å². The quantitative estimate of drug-likeness (QED) is 0.767. The van der Waals surface area contributed by atoms with Crippen molar-refractivity contribution in [3.8, 4) is 0 Å². The molecular formula is C12H22N2. The van der Waals surface area contributed by atoms with E-state index in [0.717, 1.165) is 0 Å². The van der Waals surface area contributed by atoms with Crippen molar-refractivity contribution in [1.82, 2.24) is 10.2 Å². The Kier molecular flexibility index (Phi) is 3.03. The van der Waals surface area contributed by atoms with Crippen LogP contribution < -0.4 is 0 Å². The van der Waals surface area contributed by atoms with Gasteiger partial charge in [0.2, 0.25) is 0 Å². The first-order valence-corrected chi connectivity index (χ1v) is 5.38. The Morgan fingerprint density at radius 1 is 1.21 bits per heavy atom. The van der Waals surface area contributed by atoms with Crippen molar-refractivity contribution in [1.29, 1.82) is 0 Å². The van der Waals surface area contributed by atoms with Gasteiger partial charge in [-0.2, -0.15) is 5.10 Å². The summed E-state index contributed by atoms with van der Waals surface area (Å²) in [6.45, 7) is 13.3. The van der Waals surface area contributed by atoms with E-state index >= 15 is 0 Å². The van der Waals surface area contributed by atoms with Gasteiger partial charge in [-0.05, 0) is 12.0 Å². The van der Waals surface area contributed by atoms with Gasteiger partial charge in [0.25, 0.3) is 0 Å². The number of rotatable bonds is 2. The second-order valence-electron chi connectivity index (χ2n) is 5.49. The molecule has 0 saturated heterocycles. The van der Waals surface area contributed by atoms with Gasteiger partial charge in [0, 0.05) is 17.0 Å². The predicted molar refractivity (Wildman–Crippen MR) is 60.5 cm³/mol. The Morgan fingerprint density at radius 2 is 1.79 bits per heavy atom. The highest BCUT2D eigenvalue weighted by atomic mass is 15.1. The zero-order chi connectivity index (χ0) is 10.9. The summed E-state index contributed by atoms with van der Waals surface area (Å²) in [6, 6.07) is 2.20. The molecule has 0 bridgehead atoms. The second kappa shape index (κ2) is 3.76. The molecule has 0 aliphatic rings. The maximum Gasteiger partial charge on any atom is 0.0655 e. The van der Waals surface area contributed by atoms with Crippen molar-refractivity contribution in [2.24, 2.45) is 5.92 Å². The molecule has 0 spiro atoms. The Bertz CT molecular complexity index is 292. The van der Waals surface area contributed by atoms with Gasteiger partial charge in [0.05, 0.1) is 5.69 Å². The molecule has 1 rings (SSSR count). The van der Waals surface area contributed by atoms with E-state index in [1.165, 1.54) is 11.4 Å². The Balaban J connectivity index is 2.89. The lowest BCUT2D eigenvalue weighted by atomic mass is 9.89. The van der Waals surface area contributed by atoms with Crippen LogP contribution in [0.15, 0.2) is 6.07 Å². The van der Waals surface area contributed by atoms with Gasteiger partial charge >= 0.3 is 0 Å². The first-order chi connectivity index (χ1) is 6.32. The number of aromatic nitrogens is 2. The predicted octanol–water partition coefficient (Wildman–Crippen LogP) is 3.47. The van der Waals surface area contributed by atoms with E-state index in [9.17, 15) is 0 Å². The van der Waals surface area contributed by atoms with Gasteiger partial charge in [0.15, 0.2) is 0 Å². The molecule has 1 atom stereocenters. The van der Waals surface area contributed by atoms with E-state index < -0.39 is 0 Å². The summed E-state index contributed by atoms with van der Waals surface area (Å²) < 4.78 is 0. The highest BCUT2D eigenvalue weighted by molar-refractivity contribution is 5.18. The summed E-state index contributed by atoms with van der Waals surface area (Å²) in [4.78, 5) is 0. The normalized spacial score (nSPS) is 14.8. The van der Waals surface area contributed by atoms with Crippen LogP contribution in [0.1, 0.15) is 58.8 Å². The lowest BCUT2D eigenvalue weighted by Gasteiger charge is -2.15. The van der Waals surface area contributed by atoms with Crippen molar-refractivity contribution in [3.63, 3.8) is 0 Å². The molecule has 0 aliphatic carbocycles. The fraction of sp³-hybridized carbons (Fsp3) is 0.750. The first kappa shape index (κ1) is 11.3. The lowest BCUT2D eigenvalue weighted by Crippen LogP contribution is -2.11. The van der Waals surface area contributed by atoms with Crippen LogP contribution >= 0.6 is 0 Å². The molecule has 0 radical (unpaired) electrons. The van der Waals surface area contributed by atoms with E-state index in [0.29, 0.717) is 11.8 Å². The maximum atomic E-state index is 4.38. The third-order valence-electron chi connectivity index (χ3n) is 2.87. The maximum absolute atomic E-state index is 4.38. The van der Waals surface area contributed by atoms with E-state index in [1.54, 1.807) is 0 Å². The summed E-state index contributed by atoms with van der Waals surface area (Å²) >= 11 is 0. The van der Waals surface area contributed by atoms with Crippen LogP contribution in [0.2, 0.25) is 0 Å². The molecule has 1 heterocycles. The molecule has 0 aromatic carbocycles. The highest BCUT2D eigenvalue weighted by Crippen LogP contribution is 2.26. The van der Waals surface area contributed by atoms with Crippen molar-refractivity contribution >= 4 is 0 Å². The zero-order valence-electron chi connectivity index (χ0n) is 10.2. The van der Waals surface area contributed by atoms with Crippen LogP contribution in [0, 0.1) is 5.92 Å². The molecule has 1 N–H and O–H groups in total. The standard InChI is InChI=1S/C12H22N2/c1-8(2)9(3)10-7-11(14-13-10)12(4,5)6/h7-9H,1-6H3,(H,13,14)/t9-/m1/s1. The summed E-state index contributed by atoms with van der Waals surface area (Å²) in [6.07, 6.45) is 0. The van der Waals surface area contributed by atoms with E-state index in [1.807, 2.05) is 0 Å². The molecule has 1 aromatic rings. The van der Waals surface area contributed by atoms with Crippen molar-refractivity contribution in [3.05, 3.63) is 17.5 Å². The minimum Gasteiger partial charge on any atom is -0.282 e. The Hall–Kier alpha value is -0.790. The molecule has 2 heteroatoms. The fourth-order valence-corrected chi connectivity index (χ4v) is 1.30. The summed E-state index contributed by atoms with van der Waals surface area (Å²) in [5.74, 6) is 1.17. The fourth-order valence-electron chi connectivity index (χ4n) is 1.30. The number of aromatic amines is 1. The minimum absolute atomic E-state index is 0.169. The molecule has 0 saturated carbocycles. The number of nitrogens with one attached hydrogen (secondary N) is 1. The Morgan fingerprint density at radius 3 is 2.14 bits per heavy atom. The highest BCUT2D eigenvalue weighted by Gasteiger charge is 2.19. The number of hydrogen-bond donors (Lipinski definition) is 1. The van der Waals surface area contributed by atoms with E-state index in [2.05, 4.69) is 57.8 Å². The number of H-pyrrole nitrogens is 1. The SMILES string of the molecule is CC(C)[C@@H](C)c1cc(C(C)(C)C)[nH]n1. The molecule has 80 valence electrons. The van der Waals surface area contributed by atoms with Gasteiger partial charge in [0.1, 0.15) is 0 Å².